The molecule has 0 bridgehead atoms. The van der Waals surface area contributed by atoms with E-state index in [-0.39, 0.29) is 17.0 Å². The molecule has 2 aliphatic rings. The zero-order valence-electron chi connectivity index (χ0n) is 14.9. The zero-order chi connectivity index (χ0) is 18.7. The summed E-state index contributed by atoms with van der Waals surface area (Å²) in [5, 5.41) is 7.86. The summed E-state index contributed by atoms with van der Waals surface area (Å²) in [5.41, 5.74) is 7.26. The topological polar surface area (TPSA) is 117 Å². The monoisotopic (exact) mass is 381 g/mol. The molecule has 1 aromatic rings. The Morgan fingerprint density at radius 3 is 2.58 bits per heavy atom. The van der Waals surface area contributed by atoms with Crippen molar-refractivity contribution in [3.63, 3.8) is 0 Å². The van der Waals surface area contributed by atoms with Crippen LogP contribution in [-0.4, -0.2) is 45.0 Å². The second-order valence-corrected chi connectivity index (χ2v) is 8.75. The molecular formula is C17H27N5O3S. The highest BCUT2D eigenvalue weighted by molar-refractivity contribution is 7.89. The Morgan fingerprint density at radius 1 is 1.19 bits per heavy atom. The number of sulfonamides is 1. The van der Waals surface area contributed by atoms with Gasteiger partial charge in [0, 0.05) is 31.4 Å². The molecule has 3 atom stereocenters. The first-order valence-electron chi connectivity index (χ1n) is 9.00. The lowest BCUT2D eigenvalue weighted by atomic mass is 9.90. The van der Waals surface area contributed by atoms with E-state index in [0.717, 1.165) is 0 Å². The van der Waals surface area contributed by atoms with Gasteiger partial charge in [-0.3, -0.25) is 10.9 Å². The lowest BCUT2D eigenvalue weighted by molar-refractivity contribution is 0.212. The quantitative estimate of drug-likeness (QED) is 0.626. The molecule has 1 aromatic carbocycles. The van der Waals surface area contributed by atoms with E-state index >= 15 is 0 Å². The number of primary sulfonamides is 1. The lowest BCUT2D eigenvalue weighted by Gasteiger charge is -2.26. The highest BCUT2D eigenvalue weighted by Crippen LogP contribution is 2.29. The van der Waals surface area contributed by atoms with Gasteiger partial charge in [-0.25, -0.2) is 18.4 Å². The van der Waals surface area contributed by atoms with E-state index in [1.54, 1.807) is 11.9 Å². The van der Waals surface area contributed by atoms with Gasteiger partial charge in [0.05, 0.1) is 4.90 Å². The fraction of sp³-hybridized carbons (Fsp3) is 0.588. The number of likely N-dealkylation sites (N-methyl/N-ethyl adjacent to an activating group) is 1. The third kappa shape index (κ3) is 4.53. The summed E-state index contributed by atoms with van der Waals surface area (Å²) in [7, 11) is -1.97. The third-order valence-corrected chi connectivity index (χ3v) is 6.22. The Bertz CT molecular complexity index is 737. The number of benzene rings is 1. The first-order valence-corrected chi connectivity index (χ1v) is 10.6. The smallest absolute Gasteiger partial charge is 0.321 e. The number of carbonyl (C=O) groups excluding carboxylic acids is 1. The average molecular weight is 382 g/mol. The number of nitrogens with two attached hydrogens (primary N) is 1. The van der Waals surface area contributed by atoms with Crippen molar-refractivity contribution in [1.29, 1.82) is 0 Å². The molecule has 26 heavy (non-hydrogen) atoms. The third-order valence-electron chi connectivity index (χ3n) is 5.29. The average Bonchev–Trinajstić information content (AvgIpc) is 2.81. The normalized spacial score (nSPS) is 26.0. The molecule has 0 radical (unpaired) electrons. The Kier molecular flexibility index (Phi) is 5.81. The highest BCUT2D eigenvalue weighted by atomic mass is 32.2. The van der Waals surface area contributed by atoms with Crippen LogP contribution in [0.1, 0.15) is 32.1 Å². The predicted molar refractivity (Wildman–Crippen MR) is 99.9 cm³/mol. The maximum atomic E-state index is 12.4. The minimum Gasteiger partial charge on any atom is -0.326 e. The molecular weight excluding hydrogens is 354 g/mol. The van der Waals surface area contributed by atoms with Gasteiger partial charge in [-0.2, -0.15) is 0 Å². The fourth-order valence-electron chi connectivity index (χ4n) is 3.82. The van der Waals surface area contributed by atoms with E-state index in [4.69, 9.17) is 5.14 Å². The van der Waals surface area contributed by atoms with E-state index in [1.165, 1.54) is 56.4 Å². The van der Waals surface area contributed by atoms with Crippen LogP contribution < -0.4 is 21.3 Å². The first-order chi connectivity index (χ1) is 12.3. The lowest BCUT2D eigenvalue weighted by Crippen LogP contribution is -2.44. The summed E-state index contributed by atoms with van der Waals surface area (Å²) in [5.74, 6) is 0.543. The second kappa shape index (κ2) is 7.91. The molecule has 8 nitrogen and oxygen atoms in total. The van der Waals surface area contributed by atoms with Crippen LogP contribution in [0.15, 0.2) is 29.2 Å². The van der Waals surface area contributed by atoms with Crippen LogP contribution in [0.5, 0.6) is 0 Å². The zero-order valence-corrected chi connectivity index (χ0v) is 15.8. The molecule has 1 saturated heterocycles. The molecule has 1 saturated carbocycles. The molecule has 0 spiro atoms. The summed E-state index contributed by atoms with van der Waals surface area (Å²) >= 11 is 0. The number of hydrogen-bond acceptors (Lipinski definition) is 5. The van der Waals surface area contributed by atoms with Gasteiger partial charge in [-0.05, 0) is 43.0 Å². The molecule has 0 aromatic heterocycles. The molecule has 3 unspecified atom stereocenters. The van der Waals surface area contributed by atoms with Crippen LogP contribution in [0.2, 0.25) is 0 Å². The van der Waals surface area contributed by atoms with E-state index in [0.29, 0.717) is 24.2 Å². The van der Waals surface area contributed by atoms with Crippen LogP contribution in [0.3, 0.4) is 0 Å². The van der Waals surface area contributed by atoms with Gasteiger partial charge in [0.25, 0.3) is 0 Å². The minimum atomic E-state index is -3.73. The first kappa shape index (κ1) is 19.1. The van der Waals surface area contributed by atoms with E-state index in [1.807, 2.05) is 0 Å². The molecule has 1 aliphatic carbocycles. The van der Waals surface area contributed by atoms with Crippen molar-refractivity contribution >= 4 is 21.7 Å². The Hall–Kier alpha value is -1.68. The van der Waals surface area contributed by atoms with E-state index in [9.17, 15) is 13.2 Å². The van der Waals surface area contributed by atoms with Gasteiger partial charge in [0.15, 0.2) is 0 Å². The number of nitrogens with one attached hydrogen (secondary N) is 3. The van der Waals surface area contributed by atoms with Crippen molar-refractivity contribution < 1.29 is 13.2 Å². The number of amides is 2. The molecule has 5 N–H and O–H groups in total. The molecule has 144 valence electrons. The predicted octanol–water partition coefficient (Wildman–Crippen LogP) is 1.22. The fourth-order valence-corrected chi connectivity index (χ4v) is 4.34. The van der Waals surface area contributed by atoms with Crippen LogP contribution in [0.25, 0.3) is 0 Å². The number of anilines is 1. The van der Waals surface area contributed by atoms with E-state index in [2.05, 4.69) is 16.2 Å². The summed E-state index contributed by atoms with van der Waals surface area (Å²) in [6, 6.07) is 6.31. The largest absolute Gasteiger partial charge is 0.326 e. The van der Waals surface area contributed by atoms with Gasteiger partial charge < -0.3 is 10.2 Å². The maximum absolute atomic E-state index is 12.4. The van der Waals surface area contributed by atoms with Crippen molar-refractivity contribution in [3.05, 3.63) is 24.3 Å². The Labute approximate surface area is 154 Å². The summed E-state index contributed by atoms with van der Waals surface area (Å²) in [6.45, 7) is 0.606. The molecule has 1 heterocycles. The number of fused-ring (bicyclic) bond motifs is 1. The summed E-state index contributed by atoms with van der Waals surface area (Å²) in [6.07, 6.45) is 6.15. The Balaban J connectivity index is 1.56. The van der Waals surface area contributed by atoms with Crippen molar-refractivity contribution in [2.75, 3.05) is 18.9 Å². The van der Waals surface area contributed by atoms with Crippen molar-refractivity contribution in [1.82, 2.24) is 15.8 Å². The van der Waals surface area contributed by atoms with Crippen LogP contribution in [0, 0.1) is 5.92 Å². The SMILES string of the molecule is CN(CC1NNC2CCCCCC21)C(=O)Nc1ccc(S(N)(=O)=O)cc1. The summed E-state index contributed by atoms with van der Waals surface area (Å²) < 4.78 is 22.6. The molecule has 3 rings (SSSR count). The van der Waals surface area contributed by atoms with Crippen molar-refractivity contribution in [2.45, 2.75) is 49.1 Å². The Morgan fingerprint density at radius 2 is 1.88 bits per heavy atom. The van der Waals surface area contributed by atoms with Crippen LogP contribution in [0.4, 0.5) is 10.5 Å². The van der Waals surface area contributed by atoms with Crippen LogP contribution in [-0.2, 0) is 10.0 Å². The number of carbonyl (C=O) groups is 1. The van der Waals surface area contributed by atoms with Gasteiger partial charge in [0.1, 0.15) is 0 Å². The number of urea groups is 1. The molecule has 2 fully saturated rings. The maximum Gasteiger partial charge on any atom is 0.321 e. The molecule has 9 heteroatoms. The van der Waals surface area contributed by atoms with Gasteiger partial charge in [0.2, 0.25) is 10.0 Å². The number of hydrogen-bond donors (Lipinski definition) is 4. The van der Waals surface area contributed by atoms with Gasteiger partial charge >= 0.3 is 6.03 Å². The molecule has 2 amide bonds. The second-order valence-electron chi connectivity index (χ2n) is 7.18. The highest BCUT2D eigenvalue weighted by Gasteiger charge is 2.37. The van der Waals surface area contributed by atoms with E-state index < -0.39 is 10.0 Å². The minimum absolute atomic E-state index is 0.0180. The number of nitrogens with zero attached hydrogens (tertiary/aromatic N) is 1. The summed E-state index contributed by atoms with van der Waals surface area (Å²) in [4.78, 5) is 14.1. The molecule has 1 aliphatic heterocycles. The van der Waals surface area contributed by atoms with Crippen molar-refractivity contribution in [3.8, 4) is 0 Å². The number of hydrazine groups is 1. The standard InChI is InChI=1S/C17H27N5O3S/c1-22(11-16-14-5-3-2-4-6-15(14)20-21-16)17(23)19-12-7-9-13(10-8-12)26(18,24)25/h7-10,14-16,20-21H,2-6,11H2,1H3,(H,19,23)(H2,18,24,25). The van der Waals surface area contributed by atoms with Gasteiger partial charge in [-0.15, -0.1) is 0 Å². The number of rotatable bonds is 4. The van der Waals surface area contributed by atoms with Gasteiger partial charge in [-0.1, -0.05) is 19.3 Å². The van der Waals surface area contributed by atoms with Crippen LogP contribution >= 0.6 is 0 Å². The van der Waals surface area contributed by atoms with Crippen molar-refractivity contribution in [2.24, 2.45) is 11.1 Å².